The number of benzene rings is 1. The van der Waals surface area contributed by atoms with Crippen LogP contribution in [-0.2, 0) is 10.0 Å². The van der Waals surface area contributed by atoms with Gasteiger partial charge in [-0.2, -0.15) is 0 Å². The molecule has 6 heteroatoms. The van der Waals surface area contributed by atoms with Gasteiger partial charge in [-0.05, 0) is 58.0 Å². The van der Waals surface area contributed by atoms with Crippen LogP contribution in [0.15, 0.2) is 17.0 Å². The van der Waals surface area contributed by atoms with Gasteiger partial charge in [0.25, 0.3) is 0 Å². The first-order valence-electron chi connectivity index (χ1n) is 6.71. The molecule has 0 spiro atoms. The van der Waals surface area contributed by atoms with Crippen LogP contribution in [0.3, 0.4) is 0 Å². The quantitative estimate of drug-likeness (QED) is 0.781. The number of rotatable bonds is 6. The van der Waals surface area contributed by atoms with Crippen LogP contribution in [0.4, 0.5) is 5.69 Å². The molecule has 0 bridgehead atoms. The molecule has 20 heavy (non-hydrogen) atoms. The van der Waals surface area contributed by atoms with Gasteiger partial charge in [-0.15, -0.1) is 0 Å². The van der Waals surface area contributed by atoms with Gasteiger partial charge in [0.2, 0.25) is 10.0 Å². The van der Waals surface area contributed by atoms with E-state index in [9.17, 15) is 8.42 Å². The Kier molecular flexibility index (Phi) is 5.56. The van der Waals surface area contributed by atoms with Gasteiger partial charge >= 0.3 is 0 Å². The highest BCUT2D eigenvalue weighted by Crippen LogP contribution is 2.21. The zero-order chi connectivity index (χ0) is 15.5. The molecule has 0 aliphatic rings. The molecule has 1 rings (SSSR count). The molecule has 1 aromatic carbocycles. The minimum atomic E-state index is -3.50. The van der Waals surface area contributed by atoms with Crippen molar-refractivity contribution in [2.45, 2.75) is 38.6 Å². The average molecular weight is 299 g/mol. The average Bonchev–Trinajstić information content (AvgIpc) is 2.34. The van der Waals surface area contributed by atoms with E-state index in [1.54, 1.807) is 6.07 Å². The lowest BCUT2D eigenvalue weighted by atomic mass is 10.1. The van der Waals surface area contributed by atoms with E-state index in [4.69, 9.17) is 5.73 Å². The van der Waals surface area contributed by atoms with Gasteiger partial charge in [0, 0.05) is 24.8 Å². The first kappa shape index (κ1) is 16.9. The van der Waals surface area contributed by atoms with Crippen molar-refractivity contribution in [2.75, 3.05) is 25.9 Å². The van der Waals surface area contributed by atoms with Gasteiger partial charge in [-0.1, -0.05) is 0 Å². The normalized spacial score (nSPS) is 12.3. The Balaban J connectivity index is 2.80. The number of hydrogen-bond acceptors (Lipinski definition) is 4. The molecule has 0 atom stereocenters. The van der Waals surface area contributed by atoms with Crippen LogP contribution < -0.4 is 10.5 Å². The molecule has 0 heterocycles. The van der Waals surface area contributed by atoms with Crippen molar-refractivity contribution >= 4 is 15.7 Å². The number of likely N-dealkylation sites (N-methyl/N-ethyl adjacent to an activating group) is 1. The molecular formula is C14H25N3O2S. The monoisotopic (exact) mass is 299 g/mol. The highest BCUT2D eigenvalue weighted by atomic mass is 32.2. The maximum Gasteiger partial charge on any atom is 0.240 e. The third-order valence-electron chi connectivity index (χ3n) is 3.63. The van der Waals surface area contributed by atoms with E-state index in [1.807, 2.05) is 20.9 Å². The lowest BCUT2D eigenvalue weighted by molar-refractivity contribution is 0.278. The summed E-state index contributed by atoms with van der Waals surface area (Å²) in [5.41, 5.74) is 8.14. The highest BCUT2D eigenvalue weighted by Gasteiger charge is 2.16. The summed E-state index contributed by atoms with van der Waals surface area (Å²) in [5, 5.41) is 0. The maximum atomic E-state index is 12.2. The Hall–Kier alpha value is -1.11. The molecule has 0 amide bonds. The van der Waals surface area contributed by atoms with E-state index in [2.05, 4.69) is 23.5 Å². The van der Waals surface area contributed by atoms with Gasteiger partial charge in [-0.3, -0.25) is 0 Å². The first-order chi connectivity index (χ1) is 9.15. The van der Waals surface area contributed by atoms with E-state index in [0.29, 0.717) is 24.8 Å². The van der Waals surface area contributed by atoms with Gasteiger partial charge in [0.05, 0.1) is 4.90 Å². The van der Waals surface area contributed by atoms with Crippen molar-refractivity contribution in [2.24, 2.45) is 0 Å². The number of nitrogens with one attached hydrogen (secondary N) is 1. The number of anilines is 1. The van der Waals surface area contributed by atoms with Crippen LogP contribution in [-0.4, -0.2) is 39.5 Å². The fourth-order valence-corrected chi connectivity index (χ4v) is 2.85. The highest BCUT2D eigenvalue weighted by molar-refractivity contribution is 7.89. The minimum Gasteiger partial charge on any atom is -0.398 e. The van der Waals surface area contributed by atoms with Gasteiger partial charge in [0.1, 0.15) is 0 Å². The third kappa shape index (κ3) is 4.19. The fourth-order valence-electron chi connectivity index (χ4n) is 1.71. The molecule has 0 radical (unpaired) electrons. The summed E-state index contributed by atoms with van der Waals surface area (Å²) in [4.78, 5) is 2.31. The predicted octanol–water partition coefficient (Wildman–Crippen LogP) is 1.50. The Labute approximate surface area is 122 Å². The van der Waals surface area contributed by atoms with E-state index in [-0.39, 0.29) is 4.90 Å². The number of nitrogen functional groups attached to an aromatic ring is 1. The minimum absolute atomic E-state index is 0.227. The molecule has 1 aromatic rings. The Morgan fingerprint density at radius 1 is 1.30 bits per heavy atom. The zero-order valence-corrected chi connectivity index (χ0v) is 13.7. The van der Waals surface area contributed by atoms with E-state index in [0.717, 1.165) is 11.1 Å². The number of aryl methyl sites for hydroxylation is 1. The molecule has 0 saturated carbocycles. The predicted molar refractivity (Wildman–Crippen MR) is 83.3 cm³/mol. The van der Waals surface area contributed by atoms with Crippen molar-refractivity contribution in [3.05, 3.63) is 23.3 Å². The summed E-state index contributed by atoms with van der Waals surface area (Å²) >= 11 is 0. The molecule has 0 aromatic heterocycles. The number of hydrogen-bond donors (Lipinski definition) is 2. The first-order valence-corrected chi connectivity index (χ1v) is 8.20. The summed E-state index contributed by atoms with van der Waals surface area (Å²) in [6, 6.07) is 3.55. The number of nitrogens with two attached hydrogens (primary N) is 1. The standard InChI is InChI=1S/C14H25N3O2S/c1-10(2)17(5)7-6-16-20(18,19)13-8-11(3)12(4)14(15)9-13/h8-10,16H,6-7,15H2,1-5H3. The summed E-state index contributed by atoms with van der Waals surface area (Å²) < 4.78 is 27.0. The summed E-state index contributed by atoms with van der Waals surface area (Å²) in [6.45, 7) is 8.92. The molecule has 0 saturated heterocycles. The molecule has 114 valence electrons. The SMILES string of the molecule is Cc1cc(S(=O)(=O)NCCN(C)C(C)C)cc(N)c1C. The summed E-state index contributed by atoms with van der Waals surface area (Å²) in [5.74, 6) is 0. The third-order valence-corrected chi connectivity index (χ3v) is 5.07. The van der Waals surface area contributed by atoms with Crippen LogP contribution in [0.5, 0.6) is 0 Å². The number of sulfonamides is 1. The fraction of sp³-hybridized carbons (Fsp3) is 0.571. The molecule has 0 unspecified atom stereocenters. The molecular weight excluding hydrogens is 274 g/mol. The van der Waals surface area contributed by atoms with Crippen molar-refractivity contribution < 1.29 is 8.42 Å². The summed E-state index contributed by atoms with van der Waals surface area (Å²) in [6.07, 6.45) is 0. The molecule has 0 fully saturated rings. The van der Waals surface area contributed by atoms with E-state index < -0.39 is 10.0 Å². The lowest BCUT2D eigenvalue weighted by Crippen LogP contribution is -2.36. The second kappa shape index (κ2) is 6.56. The van der Waals surface area contributed by atoms with Gasteiger partial charge in [0.15, 0.2) is 0 Å². The largest absolute Gasteiger partial charge is 0.398 e. The van der Waals surface area contributed by atoms with Crippen LogP contribution in [0.2, 0.25) is 0 Å². The maximum absolute atomic E-state index is 12.2. The zero-order valence-electron chi connectivity index (χ0n) is 12.9. The molecule has 0 aliphatic heterocycles. The second-order valence-corrected chi connectivity index (χ2v) is 7.19. The second-order valence-electron chi connectivity index (χ2n) is 5.43. The van der Waals surface area contributed by atoms with Crippen LogP contribution >= 0.6 is 0 Å². The smallest absolute Gasteiger partial charge is 0.240 e. The van der Waals surface area contributed by atoms with Crippen molar-refractivity contribution in [1.29, 1.82) is 0 Å². The Bertz CT molecular complexity index is 545. The van der Waals surface area contributed by atoms with E-state index in [1.165, 1.54) is 6.07 Å². The van der Waals surface area contributed by atoms with Gasteiger partial charge < -0.3 is 10.6 Å². The van der Waals surface area contributed by atoms with Crippen molar-refractivity contribution in [1.82, 2.24) is 9.62 Å². The van der Waals surface area contributed by atoms with Gasteiger partial charge in [-0.25, -0.2) is 13.1 Å². The van der Waals surface area contributed by atoms with Crippen molar-refractivity contribution in [3.8, 4) is 0 Å². The van der Waals surface area contributed by atoms with Crippen LogP contribution in [0.1, 0.15) is 25.0 Å². The Morgan fingerprint density at radius 2 is 1.90 bits per heavy atom. The van der Waals surface area contributed by atoms with Crippen LogP contribution in [0.25, 0.3) is 0 Å². The van der Waals surface area contributed by atoms with Crippen molar-refractivity contribution in [3.63, 3.8) is 0 Å². The molecule has 0 aliphatic carbocycles. The number of nitrogens with zero attached hydrogens (tertiary/aromatic N) is 1. The summed E-state index contributed by atoms with van der Waals surface area (Å²) in [7, 11) is -1.53. The molecule has 5 nitrogen and oxygen atoms in total. The topological polar surface area (TPSA) is 75.4 Å². The Morgan fingerprint density at radius 3 is 2.40 bits per heavy atom. The molecule has 3 N–H and O–H groups in total. The lowest BCUT2D eigenvalue weighted by Gasteiger charge is -2.21. The van der Waals surface area contributed by atoms with Crippen LogP contribution in [0, 0.1) is 13.8 Å². The van der Waals surface area contributed by atoms with E-state index >= 15 is 0 Å².